The highest BCUT2D eigenvalue weighted by atomic mass is 19.2. The third-order valence-corrected chi connectivity index (χ3v) is 2.25. The lowest BCUT2D eigenvalue weighted by Gasteiger charge is -2.24. The summed E-state index contributed by atoms with van der Waals surface area (Å²) in [5, 5.41) is 9.07. The number of carbonyl (C=O) groups excluding carboxylic acids is 2. The zero-order chi connectivity index (χ0) is 17.1. The van der Waals surface area contributed by atoms with Crippen LogP contribution in [-0.2, 0) is 4.74 Å². The maximum absolute atomic E-state index is 13.8. The molecular weight excluding hydrogens is 302 g/mol. The smallest absolute Gasteiger partial charge is 0.431 e. The molecule has 2 N–H and O–H groups in total. The van der Waals surface area contributed by atoms with Gasteiger partial charge in [-0.2, -0.15) is 5.01 Å². The lowest BCUT2D eigenvalue weighted by Crippen LogP contribution is -2.48. The topological polar surface area (TPSA) is 95.9 Å². The number of ether oxygens (including phenoxy) is 1. The maximum atomic E-state index is 13.8. The largest absolute Gasteiger partial charge is 0.463 e. The van der Waals surface area contributed by atoms with Gasteiger partial charge < -0.3 is 9.84 Å². The number of hydrogen-bond donors (Lipinski definition) is 2. The lowest BCUT2D eigenvalue weighted by atomic mass is 10.2. The summed E-state index contributed by atoms with van der Waals surface area (Å²) >= 11 is 0. The summed E-state index contributed by atoms with van der Waals surface area (Å²) in [7, 11) is 0. The van der Waals surface area contributed by atoms with Crippen molar-refractivity contribution in [1.82, 2.24) is 5.43 Å². The van der Waals surface area contributed by atoms with Crippen LogP contribution in [0, 0.1) is 11.6 Å². The van der Waals surface area contributed by atoms with E-state index in [2.05, 4.69) is 0 Å². The van der Waals surface area contributed by atoms with Gasteiger partial charge in [0.1, 0.15) is 11.3 Å². The third kappa shape index (κ3) is 4.14. The van der Waals surface area contributed by atoms with E-state index in [0.717, 1.165) is 12.1 Å². The molecule has 120 valence electrons. The number of rotatable bonds is 2. The van der Waals surface area contributed by atoms with Gasteiger partial charge in [0.2, 0.25) is 0 Å². The Morgan fingerprint density at radius 1 is 1.27 bits per heavy atom. The van der Waals surface area contributed by atoms with Crippen LogP contribution in [0.1, 0.15) is 31.1 Å². The van der Waals surface area contributed by atoms with Crippen molar-refractivity contribution in [2.75, 3.05) is 5.01 Å². The molecule has 0 saturated heterocycles. The molecule has 1 aromatic rings. The van der Waals surface area contributed by atoms with Crippen LogP contribution in [0.3, 0.4) is 0 Å². The Balaban J connectivity index is 3.12. The van der Waals surface area contributed by atoms with E-state index in [-0.39, 0.29) is 11.3 Å². The highest BCUT2D eigenvalue weighted by molar-refractivity contribution is 5.90. The number of nitrogens with one attached hydrogen (secondary N) is 1. The molecule has 0 aliphatic carbocycles. The van der Waals surface area contributed by atoms with Crippen molar-refractivity contribution in [3.8, 4) is 0 Å². The minimum absolute atomic E-state index is 0.0566. The van der Waals surface area contributed by atoms with Gasteiger partial charge in [-0.3, -0.25) is 4.79 Å². The molecule has 0 aromatic heterocycles. The number of nitrogens with zero attached hydrogens (tertiary/aromatic N) is 1. The third-order valence-electron chi connectivity index (χ3n) is 2.25. The first-order valence-corrected chi connectivity index (χ1v) is 6.02. The number of carboxylic acid groups (broad SMARTS) is 1. The Bertz CT molecular complexity index is 613. The molecule has 0 saturated carbocycles. The van der Waals surface area contributed by atoms with Crippen LogP contribution in [-0.4, -0.2) is 29.2 Å². The monoisotopic (exact) mass is 316 g/mol. The number of benzene rings is 1. The van der Waals surface area contributed by atoms with E-state index in [1.807, 2.05) is 0 Å². The summed E-state index contributed by atoms with van der Waals surface area (Å²) < 4.78 is 32.2. The molecule has 9 heteroatoms. The number of aldehydes is 1. The summed E-state index contributed by atoms with van der Waals surface area (Å²) in [6.07, 6.45) is -2.87. The van der Waals surface area contributed by atoms with E-state index >= 15 is 0 Å². The van der Waals surface area contributed by atoms with Gasteiger partial charge in [0.05, 0.1) is 5.56 Å². The van der Waals surface area contributed by atoms with Gasteiger partial charge in [-0.1, -0.05) is 0 Å². The summed E-state index contributed by atoms with van der Waals surface area (Å²) in [5.41, 5.74) is -0.515. The fraction of sp³-hybridized carbons (Fsp3) is 0.308. The van der Waals surface area contributed by atoms with Gasteiger partial charge in [-0.15, -0.1) is 0 Å². The molecule has 0 fully saturated rings. The van der Waals surface area contributed by atoms with Gasteiger partial charge in [-0.05, 0) is 32.9 Å². The highest BCUT2D eigenvalue weighted by Gasteiger charge is 2.26. The second kappa shape index (κ2) is 6.37. The van der Waals surface area contributed by atoms with Gasteiger partial charge in [-0.25, -0.2) is 23.8 Å². The van der Waals surface area contributed by atoms with Crippen molar-refractivity contribution >= 4 is 24.2 Å². The van der Waals surface area contributed by atoms with E-state index in [9.17, 15) is 23.2 Å². The van der Waals surface area contributed by atoms with Gasteiger partial charge in [0.15, 0.2) is 17.9 Å². The molecule has 0 spiro atoms. The van der Waals surface area contributed by atoms with Crippen molar-refractivity contribution in [3.05, 3.63) is 29.3 Å². The van der Waals surface area contributed by atoms with Gasteiger partial charge in [0, 0.05) is 0 Å². The Labute approximate surface area is 124 Å². The van der Waals surface area contributed by atoms with Crippen molar-refractivity contribution in [1.29, 1.82) is 0 Å². The number of hydrazine groups is 1. The first kappa shape index (κ1) is 17.3. The van der Waals surface area contributed by atoms with Crippen molar-refractivity contribution < 1.29 is 33.0 Å². The maximum Gasteiger partial charge on any atom is 0.431 e. The predicted molar refractivity (Wildman–Crippen MR) is 71.6 cm³/mol. The van der Waals surface area contributed by atoms with Crippen LogP contribution in [0.4, 0.5) is 24.1 Å². The summed E-state index contributed by atoms with van der Waals surface area (Å²) in [6.45, 7) is 4.62. The van der Waals surface area contributed by atoms with Crippen LogP contribution in [0.5, 0.6) is 0 Å². The SMILES string of the molecule is CC(C)(C)OC(=O)NN(C(=O)O)c1ccc(C=O)c(F)c1F. The average molecular weight is 316 g/mol. The van der Waals surface area contributed by atoms with Crippen LogP contribution in [0.15, 0.2) is 12.1 Å². The van der Waals surface area contributed by atoms with Crippen LogP contribution < -0.4 is 10.4 Å². The van der Waals surface area contributed by atoms with Crippen LogP contribution in [0.2, 0.25) is 0 Å². The first-order valence-electron chi connectivity index (χ1n) is 6.02. The number of amides is 2. The molecule has 0 unspecified atom stereocenters. The standard InChI is InChI=1S/C13H14F2N2O5/c1-13(2,3)22-11(19)16-17(12(20)21)8-5-4-7(6-18)9(14)10(8)15/h4-6H,1-3H3,(H,16,19)(H,20,21). The fourth-order valence-corrected chi connectivity index (χ4v) is 1.42. The lowest BCUT2D eigenvalue weighted by molar-refractivity contribution is 0.0518. The van der Waals surface area contributed by atoms with E-state index in [4.69, 9.17) is 9.84 Å². The number of anilines is 1. The fourth-order valence-electron chi connectivity index (χ4n) is 1.42. The van der Waals surface area contributed by atoms with Crippen molar-refractivity contribution in [3.63, 3.8) is 0 Å². The number of halogens is 2. The first-order chi connectivity index (χ1) is 10.1. The molecule has 0 aliphatic heterocycles. The zero-order valence-corrected chi connectivity index (χ0v) is 12.0. The Morgan fingerprint density at radius 3 is 2.32 bits per heavy atom. The highest BCUT2D eigenvalue weighted by Crippen LogP contribution is 2.23. The predicted octanol–water partition coefficient (Wildman–Crippen LogP) is 2.70. The minimum Gasteiger partial charge on any atom is -0.463 e. The Morgan fingerprint density at radius 2 is 1.86 bits per heavy atom. The molecule has 0 radical (unpaired) electrons. The molecule has 1 aromatic carbocycles. The van der Waals surface area contributed by atoms with E-state index < -0.39 is 40.7 Å². The molecule has 2 amide bonds. The zero-order valence-electron chi connectivity index (χ0n) is 12.0. The minimum atomic E-state index is -1.77. The van der Waals surface area contributed by atoms with Gasteiger partial charge in [0.25, 0.3) is 0 Å². The average Bonchev–Trinajstić information content (AvgIpc) is 2.37. The molecule has 0 atom stereocenters. The molecule has 0 heterocycles. The second-order valence-electron chi connectivity index (χ2n) is 5.15. The number of hydrogen-bond acceptors (Lipinski definition) is 4. The second-order valence-corrected chi connectivity index (χ2v) is 5.15. The van der Waals surface area contributed by atoms with Crippen molar-refractivity contribution in [2.24, 2.45) is 0 Å². The summed E-state index contributed by atoms with van der Waals surface area (Å²) in [5.74, 6) is -3.12. The van der Waals surface area contributed by atoms with E-state index in [1.165, 1.54) is 20.8 Å². The Kier molecular flexibility index (Phi) is 5.02. The molecule has 1 rings (SSSR count). The molecule has 7 nitrogen and oxygen atoms in total. The van der Waals surface area contributed by atoms with E-state index in [1.54, 1.807) is 5.43 Å². The summed E-state index contributed by atoms with van der Waals surface area (Å²) in [4.78, 5) is 33.2. The molecule has 22 heavy (non-hydrogen) atoms. The summed E-state index contributed by atoms with van der Waals surface area (Å²) in [6, 6.07) is 1.72. The molecule has 0 aliphatic rings. The van der Waals surface area contributed by atoms with Crippen molar-refractivity contribution in [2.45, 2.75) is 26.4 Å². The molecular formula is C13H14F2N2O5. The molecule has 0 bridgehead atoms. The quantitative estimate of drug-likeness (QED) is 0.646. The van der Waals surface area contributed by atoms with Gasteiger partial charge >= 0.3 is 12.2 Å². The van der Waals surface area contributed by atoms with Crippen LogP contribution in [0.25, 0.3) is 0 Å². The number of carbonyl (C=O) groups is 3. The van der Waals surface area contributed by atoms with Crippen LogP contribution >= 0.6 is 0 Å². The van der Waals surface area contributed by atoms with E-state index in [0.29, 0.717) is 0 Å². The normalized spacial score (nSPS) is 10.8. The Hall–Kier alpha value is -2.71.